The Hall–Kier alpha value is -3.16. The van der Waals surface area contributed by atoms with Crippen molar-refractivity contribution in [1.29, 1.82) is 0 Å². The lowest BCUT2D eigenvalue weighted by Crippen LogP contribution is -2.42. The van der Waals surface area contributed by atoms with Crippen LogP contribution in [0.15, 0.2) is 77.7 Å². The lowest BCUT2D eigenvalue weighted by Gasteiger charge is -2.25. The van der Waals surface area contributed by atoms with E-state index in [0.717, 1.165) is 0 Å². The number of methoxy groups -OCH3 is 1. The molecule has 3 aromatic rings. The molecule has 0 spiro atoms. The third kappa shape index (κ3) is 5.55. The number of carbonyl (C=O) groups excluding carboxylic acids is 1. The molecule has 0 aliphatic rings. The summed E-state index contributed by atoms with van der Waals surface area (Å²) in [6.07, 6.45) is 0.648. The van der Waals surface area contributed by atoms with Crippen molar-refractivity contribution in [3.8, 4) is 16.9 Å². The summed E-state index contributed by atoms with van der Waals surface area (Å²) in [6, 6.07) is 20.7. The highest BCUT2D eigenvalue weighted by Gasteiger charge is 2.26. The molecule has 0 saturated heterocycles. The van der Waals surface area contributed by atoms with Crippen LogP contribution in [0.1, 0.15) is 37.6 Å². The van der Waals surface area contributed by atoms with Crippen molar-refractivity contribution < 1.29 is 17.9 Å². The van der Waals surface area contributed by atoms with Crippen molar-refractivity contribution in [1.82, 2.24) is 4.72 Å². The maximum atomic E-state index is 13.1. The third-order valence-corrected chi connectivity index (χ3v) is 7.01. The molecule has 0 aliphatic carbocycles. The molecule has 2 N–H and O–H groups in total. The van der Waals surface area contributed by atoms with Gasteiger partial charge in [-0.05, 0) is 68.3 Å². The van der Waals surface area contributed by atoms with Gasteiger partial charge in [0.05, 0.1) is 12.0 Å². The van der Waals surface area contributed by atoms with E-state index in [1.165, 1.54) is 0 Å². The minimum atomic E-state index is -3.76. The van der Waals surface area contributed by atoms with Gasteiger partial charge in [0.2, 0.25) is 10.0 Å². The zero-order valence-electron chi connectivity index (χ0n) is 18.7. The Kier molecular flexibility index (Phi) is 7.01. The van der Waals surface area contributed by atoms with Gasteiger partial charge in [0.1, 0.15) is 5.75 Å². The van der Waals surface area contributed by atoms with Gasteiger partial charge in [0.25, 0.3) is 5.91 Å². The largest absolute Gasteiger partial charge is 0.497 e. The molecule has 7 heteroatoms. The van der Waals surface area contributed by atoms with Crippen LogP contribution in [0.5, 0.6) is 5.75 Å². The molecule has 0 bridgehead atoms. The fourth-order valence-corrected chi connectivity index (χ4v) is 4.85. The standard InChI is InChI=1S/C25H28N2O4S/c1-5-25(2,3)27-32(29,30)23-12-7-6-11-22(23)18-9-8-10-19(17-18)24(28)26-20-13-15-21(31-4)16-14-20/h6-17,27H,5H2,1-4H3,(H,26,28). The summed E-state index contributed by atoms with van der Waals surface area (Å²) in [5.74, 6) is 0.408. The van der Waals surface area contributed by atoms with Crippen LogP contribution in [-0.4, -0.2) is 27.0 Å². The van der Waals surface area contributed by atoms with E-state index in [1.54, 1.807) is 79.9 Å². The van der Waals surface area contributed by atoms with E-state index in [9.17, 15) is 13.2 Å². The molecule has 3 rings (SSSR count). The first-order valence-corrected chi connectivity index (χ1v) is 11.8. The molecule has 0 aliphatic heterocycles. The molecule has 0 saturated carbocycles. The molecular weight excluding hydrogens is 424 g/mol. The molecular formula is C25H28N2O4S. The van der Waals surface area contributed by atoms with Gasteiger partial charge in [0.15, 0.2) is 0 Å². The lowest BCUT2D eigenvalue weighted by molar-refractivity contribution is 0.102. The van der Waals surface area contributed by atoms with Gasteiger partial charge < -0.3 is 10.1 Å². The zero-order valence-corrected chi connectivity index (χ0v) is 19.5. The number of anilines is 1. The van der Waals surface area contributed by atoms with Gasteiger partial charge in [-0.1, -0.05) is 37.3 Å². The normalized spacial score (nSPS) is 11.8. The number of hydrogen-bond acceptors (Lipinski definition) is 4. The fourth-order valence-electron chi connectivity index (χ4n) is 3.14. The van der Waals surface area contributed by atoms with Gasteiger partial charge in [-0.2, -0.15) is 0 Å². The highest BCUT2D eigenvalue weighted by molar-refractivity contribution is 7.89. The van der Waals surface area contributed by atoms with Crippen LogP contribution in [-0.2, 0) is 10.0 Å². The second kappa shape index (κ2) is 9.54. The monoisotopic (exact) mass is 452 g/mol. The topological polar surface area (TPSA) is 84.5 Å². The highest BCUT2D eigenvalue weighted by atomic mass is 32.2. The molecule has 0 heterocycles. The summed E-state index contributed by atoms with van der Waals surface area (Å²) >= 11 is 0. The molecule has 0 aromatic heterocycles. The van der Waals surface area contributed by atoms with Gasteiger partial charge in [-0.25, -0.2) is 13.1 Å². The van der Waals surface area contributed by atoms with Crippen LogP contribution in [0.25, 0.3) is 11.1 Å². The van der Waals surface area contributed by atoms with Crippen molar-refractivity contribution in [3.05, 3.63) is 78.4 Å². The summed E-state index contributed by atoms with van der Waals surface area (Å²) in [4.78, 5) is 13.0. The predicted octanol–water partition coefficient (Wildman–Crippen LogP) is 5.08. The molecule has 32 heavy (non-hydrogen) atoms. The minimum absolute atomic E-state index is 0.175. The predicted molar refractivity (Wildman–Crippen MR) is 128 cm³/mol. The van der Waals surface area contributed by atoms with Gasteiger partial charge in [-0.3, -0.25) is 4.79 Å². The summed E-state index contributed by atoms with van der Waals surface area (Å²) < 4.78 is 34.1. The number of amides is 1. The van der Waals surface area contributed by atoms with Crippen molar-refractivity contribution in [3.63, 3.8) is 0 Å². The third-order valence-electron chi connectivity index (χ3n) is 5.25. The maximum Gasteiger partial charge on any atom is 0.255 e. The Morgan fingerprint density at radius 1 is 0.969 bits per heavy atom. The summed E-state index contributed by atoms with van der Waals surface area (Å²) in [5, 5.41) is 2.85. The molecule has 0 atom stereocenters. The Morgan fingerprint density at radius 2 is 1.66 bits per heavy atom. The SMILES string of the molecule is CCC(C)(C)NS(=O)(=O)c1ccccc1-c1cccc(C(=O)Nc2ccc(OC)cc2)c1. The van der Waals surface area contributed by atoms with Crippen molar-refractivity contribution in [2.45, 2.75) is 37.6 Å². The minimum Gasteiger partial charge on any atom is -0.497 e. The van der Waals surface area contributed by atoms with E-state index in [-0.39, 0.29) is 10.8 Å². The smallest absolute Gasteiger partial charge is 0.255 e. The van der Waals surface area contributed by atoms with E-state index in [1.807, 2.05) is 20.8 Å². The van der Waals surface area contributed by atoms with Gasteiger partial charge in [-0.15, -0.1) is 0 Å². The van der Waals surface area contributed by atoms with Crippen molar-refractivity contribution in [2.75, 3.05) is 12.4 Å². The first kappa shape index (κ1) is 23.5. The molecule has 3 aromatic carbocycles. The molecule has 0 unspecified atom stereocenters. The number of benzene rings is 3. The van der Waals surface area contributed by atoms with Crippen LogP contribution in [0.4, 0.5) is 5.69 Å². The number of hydrogen-bond donors (Lipinski definition) is 2. The van der Waals surface area contributed by atoms with E-state index in [0.29, 0.717) is 34.5 Å². The second-order valence-electron chi connectivity index (χ2n) is 8.10. The molecule has 168 valence electrons. The first-order valence-electron chi connectivity index (χ1n) is 10.3. The summed E-state index contributed by atoms with van der Waals surface area (Å²) in [5.41, 5.74) is 1.66. The van der Waals surface area contributed by atoms with E-state index in [2.05, 4.69) is 10.0 Å². The number of carbonyl (C=O) groups is 1. The second-order valence-corrected chi connectivity index (χ2v) is 9.75. The Morgan fingerprint density at radius 3 is 2.31 bits per heavy atom. The summed E-state index contributed by atoms with van der Waals surface area (Å²) in [7, 11) is -2.18. The zero-order chi connectivity index (χ0) is 23.4. The maximum absolute atomic E-state index is 13.1. The first-order chi connectivity index (χ1) is 15.1. The van der Waals surface area contributed by atoms with E-state index >= 15 is 0 Å². The molecule has 6 nitrogen and oxygen atoms in total. The lowest BCUT2D eigenvalue weighted by atomic mass is 10.0. The Bertz CT molecular complexity index is 1200. The quantitative estimate of drug-likeness (QED) is 0.499. The summed E-state index contributed by atoms with van der Waals surface area (Å²) in [6.45, 7) is 5.62. The molecule has 0 fully saturated rings. The van der Waals surface area contributed by atoms with Crippen LogP contribution < -0.4 is 14.8 Å². The highest BCUT2D eigenvalue weighted by Crippen LogP contribution is 2.29. The van der Waals surface area contributed by atoms with Crippen LogP contribution in [0.3, 0.4) is 0 Å². The van der Waals surface area contributed by atoms with Gasteiger partial charge in [0, 0.05) is 22.4 Å². The molecule has 1 amide bonds. The number of sulfonamides is 1. The van der Waals surface area contributed by atoms with E-state index in [4.69, 9.17) is 4.74 Å². The Balaban J connectivity index is 1.92. The van der Waals surface area contributed by atoms with Crippen LogP contribution in [0, 0.1) is 0 Å². The van der Waals surface area contributed by atoms with E-state index < -0.39 is 15.6 Å². The fraction of sp³-hybridized carbons (Fsp3) is 0.240. The van der Waals surface area contributed by atoms with Crippen molar-refractivity contribution >= 4 is 21.6 Å². The number of ether oxygens (including phenoxy) is 1. The van der Waals surface area contributed by atoms with Crippen LogP contribution in [0.2, 0.25) is 0 Å². The van der Waals surface area contributed by atoms with Crippen molar-refractivity contribution in [2.24, 2.45) is 0 Å². The van der Waals surface area contributed by atoms with Crippen LogP contribution >= 0.6 is 0 Å². The number of rotatable bonds is 8. The number of nitrogens with one attached hydrogen (secondary N) is 2. The average Bonchev–Trinajstić information content (AvgIpc) is 2.79. The average molecular weight is 453 g/mol. The van der Waals surface area contributed by atoms with Gasteiger partial charge >= 0.3 is 0 Å². The Labute approximate surface area is 189 Å². The molecule has 0 radical (unpaired) electrons.